The van der Waals surface area contributed by atoms with E-state index in [-0.39, 0.29) is 16.9 Å². The van der Waals surface area contributed by atoms with Crippen LogP contribution in [-0.2, 0) is 11.3 Å². The maximum absolute atomic E-state index is 11.7. The molecule has 1 amide bonds. The lowest BCUT2D eigenvalue weighted by Gasteiger charge is -2.11. The Balaban J connectivity index is 2.33. The second-order valence-corrected chi connectivity index (χ2v) is 5.82. The van der Waals surface area contributed by atoms with E-state index in [1.165, 1.54) is 6.07 Å². The third-order valence-electron chi connectivity index (χ3n) is 3.10. The van der Waals surface area contributed by atoms with Gasteiger partial charge in [0.05, 0.1) is 5.69 Å². The SMILES string of the molecule is NC(=O)Cn1c(-c2csc3ccccc23)cc(=O)[nH]c1=S. The number of rotatable bonds is 3. The molecule has 0 atom stereocenters. The first-order valence-electron chi connectivity index (χ1n) is 6.15. The summed E-state index contributed by atoms with van der Waals surface area (Å²) in [6.07, 6.45) is 0. The molecular formula is C14H11N3O2S2. The number of fused-ring (bicyclic) bond motifs is 1. The highest BCUT2D eigenvalue weighted by atomic mass is 32.1. The predicted molar refractivity (Wildman–Crippen MR) is 85.9 cm³/mol. The van der Waals surface area contributed by atoms with Crippen LogP contribution in [0.25, 0.3) is 21.3 Å². The zero-order chi connectivity index (χ0) is 15.0. The molecule has 0 saturated heterocycles. The van der Waals surface area contributed by atoms with Crippen LogP contribution in [0.1, 0.15) is 0 Å². The normalized spacial score (nSPS) is 10.9. The molecule has 2 heterocycles. The number of hydrogen-bond donors (Lipinski definition) is 2. The first kappa shape index (κ1) is 13.7. The fourth-order valence-electron chi connectivity index (χ4n) is 2.23. The van der Waals surface area contributed by atoms with Crippen LogP contribution in [-0.4, -0.2) is 15.5 Å². The average Bonchev–Trinajstić information content (AvgIpc) is 2.85. The van der Waals surface area contributed by atoms with Crippen LogP contribution in [0.4, 0.5) is 0 Å². The van der Waals surface area contributed by atoms with E-state index >= 15 is 0 Å². The molecule has 0 radical (unpaired) electrons. The molecule has 0 aliphatic carbocycles. The molecule has 0 aliphatic heterocycles. The third-order valence-corrected chi connectivity index (χ3v) is 4.39. The van der Waals surface area contributed by atoms with Crippen LogP contribution >= 0.6 is 23.6 Å². The molecule has 5 nitrogen and oxygen atoms in total. The number of carbonyl (C=O) groups excluding carboxylic acids is 1. The molecule has 3 N–H and O–H groups in total. The maximum Gasteiger partial charge on any atom is 0.252 e. The number of nitrogens with two attached hydrogens (primary N) is 1. The predicted octanol–water partition coefficient (Wildman–Crippen LogP) is 2.27. The van der Waals surface area contributed by atoms with E-state index in [4.69, 9.17) is 18.0 Å². The van der Waals surface area contributed by atoms with Gasteiger partial charge in [-0.15, -0.1) is 11.3 Å². The smallest absolute Gasteiger partial charge is 0.252 e. The summed E-state index contributed by atoms with van der Waals surface area (Å²) in [5.41, 5.74) is 6.44. The Hall–Kier alpha value is -2.25. The van der Waals surface area contributed by atoms with E-state index in [0.717, 1.165) is 15.6 Å². The number of nitrogens with zero attached hydrogens (tertiary/aromatic N) is 1. The lowest BCUT2D eigenvalue weighted by Crippen LogP contribution is -2.23. The first-order chi connectivity index (χ1) is 10.1. The van der Waals surface area contributed by atoms with Crippen LogP contribution in [0, 0.1) is 4.77 Å². The largest absolute Gasteiger partial charge is 0.368 e. The second kappa shape index (κ2) is 5.27. The summed E-state index contributed by atoms with van der Waals surface area (Å²) >= 11 is 6.72. The lowest BCUT2D eigenvalue weighted by atomic mass is 10.1. The van der Waals surface area contributed by atoms with Gasteiger partial charge in [-0.2, -0.15) is 0 Å². The van der Waals surface area contributed by atoms with Crippen LogP contribution in [0.15, 0.2) is 40.5 Å². The molecule has 3 aromatic rings. The zero-order valence-electron chi connectivity index (χ0n) is 10.8. The number of aromatic amines is 1. The van der Waals surface area contributed by atoms with E-state index in [1.54, 1.807) is 15.9 Å². The van der Waals surface area contributed by atoms with Crippen molar-refractivity contribution in [2.75, 3.05) is 0 Å². The number of nitrogens with one attached hydrogen (secondary N) is 1. The van der Waals surface area contributed by atoms with Crippen molar-refractivity contribution in [3.63, 3.8) is 0 Å². The summed E-state index contributed by atoms with van der Waals surface area (Å²) in [5, 5.41) is 2.96. The van der Waals surface area contributed by atoms with Gasteiger partial charge in [0.2, 0.25) is 5.91 Å². The van der Waals surface area contributed by atoms with E-state index in [9.17, 15) is 9.59 Å². The highest BCUT2D eigenvalue weighted by Crippen LogP contribution is 2.33. The average molecular weight is 317 g/mol. The number of benzene rings is 1. The van der Waals surface area contributed by atoms with E-state index < -0.39 is 5.91 Å². The topological polar surface area (TPSA) is 80.9 Å². The summed E-state index contributed by atoms with van der Waals surface area (Å²) in [5.74, 6) is -0.515. The standard InChI is InChI=1S/C14H11N3O2S2/c15-12(18)6-17-10(5-13(19)16-14(17)20)9-7-21-11-4-2-1-3-8(9)11/h1-5,7H,6H2,(H2,15,18)(H,16,19,20). The van der Waals surface area contributed by atoms with Gasteiger partial charge in [-0.1, -0.05) is 18.2 Å². The monoisotopic (exact) mass is 317 g/mol. The number of primary amides is 1. The van der Waals surface area contributed by atoms with Gasteiger partial charge in [-0.25, -0.2) is 0 Å². The van der Waals surface area contributed by atoms with Crippen LogP contribution in [0.2, 0.25) is 0 Å². The molecule has 0 saturated carbocycles. The minimum Gasteiger partial charge on any atom is -0.368 e. The molecule has 1 aromatic carbocycles. The van der Waals surface area contributed by atoms with Crippen LogP contribution in [0.3, 0.4) is 0 Å². The maximum atomic E-state index is 11.7. The van der Waals surface area contributed by atoms with Crippen LogP contribution in [0.5, 0.6) is 0 Å². The summed E-state index contributed by atoms with van der Waals surface area (Å²) in [6, 6.07) is 9.30. The Morgan fingerprint density at radius 3 is 2.90 bits per heavy atom. The minimum atomic E-state index is -0.515. The molecule has 2 aromatic heterocycles. The number of hydrogen-bond acceptors (Lipinski definition) is 4. The summed E-state index contributed by atoms with van der Waals surface area (Å²) < 4.78 is 2.84. The van der Waals surface area contributed by atoms with Gasteiger partial charge in [-0.3, -0.25) is 14.6 Å². The molecule has 0 bridgehead atoms. The molecule has 0 aliphatic rings. The highest BCUT2D eigenvalue weighted by Gasteiger charge is 2.12. The Bertz CT molecular complexity index is 952. The van der Waals surface area contributed by atoms with E-state index in [2.05, 4.69) is 4.98 Å². The van der Waals surface area contributed by atoms with Gasteiger partial charge >= 0.3 is 0 Å². The molecule has 7 heteroatoms. The number of aromatic nitrogens is 2. The molecule has 21 heavy (non-hydrogen) atoms. The van der Waals surface area contributed by atoms with Gasteiger partial charge in [0.25, 0.3) is 5.56 Å². The quantitative estimate of drug-likeness (QED) is 0.727. The Morgan fingerprint density at radius 1 is 1.38 bits per heavy atom. The van der Waals surface area contributed by atoms with Crippen molar-refractivity contribution in [3.8, 4) is 11.3 Å². The number of carbonyl (C=O) groups is 1. The molecular weight excluding hydrogens is 306 g/mol. The fourth-order valence-corrected chi connectivity index (χ4v) is 3.45. The Morgan fingerprint density at radius 2 is 2.14 bits per heavy atom. The summed E-state index contributed by atoms with van der Waals surface area (Å²) in [7, 11) is 0. The number of H-pyrrole nitrogens is 1. The highest BCUT2D eigenvalue weighted by molar-refractivity contribution is 7.71. The summed E-state index contributed by atoms with van der Waals surface area (Å²) in [6.45, 7) is -0.0743. The molecule has 106 valence electrons. The van der Waals surface area contributed by atoms with Crippen LogP contribution < -0.4 is 11.3 Å². The van der Waals surface area contributed by atoms with Crippen molar-refractivity contribution < 1.29 is 4.79 Å². The van der Waals surface area contributed by atoms with Gasteiger partial charge in [-0.05, 0) is 18.3 Å². The number of thiophene rings is 1. The van der Waals surface area contributed by atoms with Gasteiger partial charge < -0.3 is 10.3 Å². The zero-order valence-corrected chi connectivity index (χ0v) is 12.5. The van der Waals surface area contributed by atoms with E-state index in [1.807, 2.05) is 29.6 Å². The van der Waals surface area contributed by atoms with Crippen molar-refractivity contribution in [3.05, 3.63) is 50.8 Å². The van der Waals surface area contributed by atoms with Crippen molar-refractivity contribution in [1.29, 1.82) is 0 Å². The van der Waals surface area contributed by atoms with Crippen molar-refractivity contribution in [1.82, 2.24) is 9.55 Å². The number of amides is 1. The van der Waals surface area contributed by atoms with Gasteiger partial charge in [0.1, 0.15) is 6.54 Å². The lowest BCUT2D eigenvalue weighted by molar-refractivity contribution is -0.118. The fraction of sp³-hybridized carbons (Fsp3) is 0.0714. The van der Waals surface area contributed by atoms with Gasteiger partial charge in [0.15, 0.2) is 4.77 Å². The summed E-state index contributed by atoms with van der Waals surface area (Å²) in [4.78, 5) is 25.5. The van der Waals surface area contributed by atoms with Crippen molar-refractivity contribution in [2.24, 2.45) is 5.73 Å². The molecule has 0 unspecified atom stereocenters. The van der Waals surface area contributed by atoms with Gasteiger partial charge in [0, 0.05) is 27.1 Å². The molecule has 3 rings (SSSR count). The minimum absolute atomic E-state index is 0.0743. The van der Waals surface area contributed by atoms with Crippen molar-refractivity contribution in [2.45, 2.75) is 6.54 Å². The first-order valence-corrected chi connectivity index (χ1v) is 7.44. The Kier molecular flexibility index (Phi) is 3.44. The Labute approximate surface area is 128 Å². The third kappa shape index (κ3) is 2.53. The second-order valence-electron chi connectivity index (χ2n) is 4.52. The van der Waals surface area contributed by atoms with Crippen molar-refractivity contribution >= 4 is 39.5 Å². The van der Waals surface area contributed by atoms with E-state index in [0.29, 0.717) is 5.69 Å². The molecule has 0 fully saturated rings. The molecule has 0 spiro atoms.